The predicted octanol–water partition coefficient (Wildman–Crippen LogP) is 3.94. The number of halogens is 1. The van der Waals surface area contributed by atoms with Gasteiger partial charge in [0, 0.05) is 25.0 Å². The van der Waals surface area contributed by atoms with Gasteiger partial charge in [0.15, 0.2) is 0 Å². The summed E-state index contributed by atoms with van der Waals surface area (Å²) in [5.41, 5.74) is 2.40. The Kier molecular flexibility index (Phi) is 5.35. The second-order valence-electron chi connectivity index (χ2n) is 8.13. The number of fused-ring (bicyclic) bond motifs is 1. The summed E-state index contributed by atoms with van der Waals surface area (Å²) in [6.07, 6.45) is 3.95. The third kappa shape index (κ3) is 3.73. The summed E-state index contributed by atoms with van der Waals surface area (Å²) in [4.78, 5) is 32.2. The monoisotopic (exact) mass is 450 g/mol. The topological polar surface area (TPSA) is 73.3 Å². The van der Waals surface area contributed by atoms with Crippen molar-refractivity contribution >= 4 is 28.5 Å². The molecule has 1 aliphatic heterocycles. The first-order valence-corrected chi connectivity index (χ1v) is 11.0. The van der Waals surface area contributed by atoms with Crippen LogP contribution in [0.15, 0.2) is 63.9 Å². The van der Waals surface area contributed by atoms with Crippen LogP contribution in [0.2, 0.25) is 5.02 Å². The zero-order valence-electron chi connectivity index (χ0n) is 17.7. The van der Waals surface area contributed by atoms with Crippen LogP contribution in [-0.2, 0) is 24.8 Å². The number of rotatable bonds is 5. The molecule has 0 N–H and O–H groups in total. The third-order valence-corrected chi connectivity index (χ3v) is 6.28. The maximum Gasteiger partial charge on any atom is 0.329 e. The normalized spacial score (nSPS) is 16.2. The Morgan fingerprint density at radius 1 is 1.19 bits per heavy atom. The lowest BCUT2D eigenvalue weighted by molar-refractivity contribution is -0.133. The molecular formula is C24H23ClN4O3. The van der Waals surface area contributed by atoms with Gasteiger partial charge >= 0.3 is 5.69 Å². The van der Waals surface area contributed by atoms with Gasteiger partial charge in [-0.3, -0.25) is 13.9 Å². The molecule has 0 radical (unpaired) electrons. The molecule has 0 saturated carbocycles. The molecule has 2 aromatic carbocycles. The Labute approximate surface area is 189 Å². The van der Waals surface area contributed by atoms with Crippen LogP contribution in [0.5, 0.6) is 0 Å². The molecule has 0 spiro atoms. The number of imidazole rings is 1. The van der Waals surface area contributed by atoms with E-state index in [9.17, 15) is 9.59 Å². The largest absolute Gasteiger partial charge is 0.443 e. The summed E-state index contributed by atoms with van der Waals surface area (Å²) in [5.74, 6) is 1.16. The number of carbonyl (C=O) groups excluding carboxylic acids is 1. The molecule has 7 nitrogen and oxygen atoms in total. The SMILES string of the molecule is Cn1c(=O)n(CC(=O)N2CCCC2c2ncc(Cc3cccc(Cl)c3)o2)c2ccccc21. The lowest BCUT2D eigenvalue weighted by Gasteiger charge is -2.22. The molecule has 1 atom stereocenters. The van der Waals surface area contributed by atoms with Crippen molar-refractivity contribution in [2.45, 2.75) is 31.8 Å². The molecule has 3 heterocycles. The fourth-order valence-corrected chi connectivity index (χ4v) is 4.68. The van der Waals surface area contributed by atoms with Crippen molar-refractivity contribution < 1.29 is 9.21 Å². The van der Waals surface area contributed by atoms with Crippen LogP contribution in [0.4, 0.5) is 0 Å². The number of hydrogen-bond acceptors (Lipinski definition) is 4. The molecule has 1 amide bonds. The number of aryl methyl sites for hydroxylation is 1. The van der Waals surface area contributed by atoms with Gasteiger partial charge < -0.3 is 9.32 Å². The molecular weight excluding hydrogens is 428 g/mol. The highest BCUT2D eigenvalue weighted by Crippen LogP contribution is 2.32. The Hall–Kier alpha value is -3.32. The summed E-state index contributed by atoms with van der Waals surface area (Å²) in [6.45, 7) is 0.613. The molecule has 1 unspecified atom stereocenters. The number of hydrogen-bond donors (Lipinski definition) is 0. The average Bonchev–Trinajstić information content (AvgIpc) is 3.50. The van der Waals surface area contributed by atoms with Crippen molar-refractivity contribution in [2.75, 3.05) is 6.54 Å². The second-order valence-corrected chi connectivity index (χ2v) is 8.57. The smallest absolute Gasteiger partial charge is 0.329 e. The zero-order valence-corrected chi connectivity index (χ0v) is 18.5. The number of oxazole rings is 1. The van der Waals surface area contributed by atoms with E-state index < -0.39 is 0 Å². The van der Waals surface area contributed by atoms with Crippen molar-refractivity contribution in [3.05, 3.63) is 87.4 Å². The highest BCUT2D eigenvalue weighted by molar-refractivity contribution is 6.30. The number of aromatic nitrogens is 3. The first kappa shape index (κ1) is 20.6. The Bertz CT molecular complexity index is 1350. The molecule has 1 aliphatic rings. The minimum atomic E-state index is -0.221. The second kappa shape index (κ2) is 8.31. The van der Waals surface area contributed by atoms with Gasteiger partial charge in [0.05, 0.1) is 17.2 Å². The van der Waals surface area contributed by atoms with Gasteiger partial charge in [0.1, 0.15) is 18.3 Å². The number of benzene rings is 2. The highest BCUT2D eigenvalue weighted by atomic mass is 35.5. The van der Waals surface area contributed by atoms with Crippen molar-refractivity contribution in [1.29, 1.82) is 0 Å². The number of carbonyl (C=O) groups is 1. The fourth-order valence-electron chi connectivity index (χ4n) is 4.47. The summed E-state index contributed by atoms with van der Waals surface area (Å²) in [7, 11) is 1.72. The van der Waals surface area contributed by atoms with Gasteiger partial charge in [-0.15, -0.1) is 0 Å². The van der Waals surface area contributed by atoms with Gasteiger partial charge in [-0.1, -0.05) is 35.9 Å². The van der Waals surface area contributed by atoms with Crippen LogP contribution in [0.1, 0.15) is 36.1 Å². The van der Waals surface area contributed by atoms with Crippen molar-refractivity contribution in [3.63, 3.8) is 0 Å². The molecule has 8 heteroatoms. The maximum atomic E-state index is 13.2. The first-order chi connectivity index (χ1) is 15.5. The minimum Gasteiger partial charge on any atom is -0.443 e. The van der Waals surface area contributed by atoms with Gasteiger partial charge in [-0.2, -0.15) is 0 Å². The summed E-state index contributed by atoms with van der Waals surface area (Å²) >= 11 is 6.07. The lowest BCUT2D eigenvalue weighted by Crippen LogP contribution is -2.36. The molecule has 2 aromatic heterocycles. The third-order valence-electron chi connectivity index (χ3n) is 6.04. The number of likely N-dealkylation sites (tertiary alicyclic amines) is 1. The molecule has 32 heavy (non-hydrogen) atoms. The highest BCUT2D eigenvalue weighted by Gasteiger charge is 2.33. The maximum absolute atomic E-state index is 13.2. The first-order valence-electron chi connectivity index (χ1n) is 10.6. The Balaban J connectivity index is 1.35. The Morgan fingerprint density at radius 3 is 2.81 bits per heavy atom. The molecule has 0 aliphatic carbocycles. The van der Waals surface area contributed by atoms with Gasteiger partial charge in [-0.05, 0) is 42.7 Å². The van der Waals surface area contributed by atoms with Crippen molar-refractivity contribution in [1.82, 2.24) is 19.0 Å². The molecule has 164 valence electrons. The summed E-state index contributed by atoms with van der Waals surface area (Å²) in [5, 5.41) is 0.679. The van der Waals surface area contributed by atoms with Crippen LogP contribution in [0.3, 0.4) is 0 Å². The van der Waals surface area contributed by atoms with E-state index in [2.05, 4.69) is 4.98 Å². The van der Waals surface area contributed by atoms with Crippen LogP contribution < -0.4 is 5.69 Å². The molecule has 1 saturated heterocycles. The van der Waals surface area contributed by atoms with Crippen LogP contribution in [0, 0.1) is 0 Å². The quantitative estimate of drug-likeness (QED) is 0.461. The van der Waals surface area contributed by atoms with Crippen molar-refractivity contribution in [2.24, 2.45) is 7.05 Å². The number of nitrogens with zero attached hydrogens (tertiary/aromatic N) is 4. The standard InChI is InChI=1S/C24H23ClN4O3/c1-27-19-8-2-3-9-20(19)29(24(27)31)15-22(30)28-11-5-10-21(28)23-26-14-18(32-23)13-16-6-4-7-17(25)12-16/h2-4,6-9,12,14,21H,5,10-11,13,15H2,1H3. The Morgan fingerprint density at radius 2 is 2.00 bits per heavy atom. The zero-order chi connectivity index (χ0) is 22.2. The van der Waals surface area contributed by atoms with Crippen LogP contribution in [0.25, 0.3) is 11.0 Å². The molecule has 5 rings (SSSR count). The van der Waals surface area contributed by atoms with E-state index in [1.54, 1.807) is 22.7 Å². The van der Waals surface area contributed by atoms with Gasteiger partial charge in [0.2, 0.25) is 11.8 Å². The van der Waals surface area contributed by atoms with Gasteiger partial charge in [-0.25, -0.2) is 9.78 Å². The van der Waals surface area contributed by atoms with E-state index in [4.69, 9.17) is 16.0 Å². The molecule has 4 aromatic rings. The molecule has 1 fully saturated rings. The minimum absolute atomic E-state index is 0.00718. The van der Waals surface area contributed by atoms with E-state index in [-0.39, 0.29) is 24.2 Å². The average molecular weight is 451 g/mol. The van der Waals surface area contributed by atoms with Crippen LogP contribution >= 0.6 is 11.6 Å². The van der Waals surface area contributed by atoms with Crippen LogP contribution in [-0.4, -0.2) is 31.5 Å². The van der Waals surface area contributed by atoms with E-state index >= 15 is 0 Å². The van der Waals surface area contributed by atoms with Gasteiger partial charge in [0.25, 0.3) is 0 Å². The van der Waals surface area contributed by atoms with E-state index in [1.807, 2.05) is 48.5 Å². The predicted molar refractivity (Wildman–Crippen MR) is 122 cm³/mol. The fraction of sp³-hybridized carbons (Fsp3) is 0.292. The number of para-hydroxylation sites is 2. The number of amides is 1. The van der Waals surface area contributed by atoms with Crippen molar-refractivity contribution in [3.8, 4) is 0 Å². The molecule has 0 bridgehead atoms. The van der Waals surface area contributed by atoms with E-state index in [1.165, 1.54) is 4.57 Å². The lowest BCUT2D eigenvalue weighted by atomic mass is 10.1. The summed E-state index contributed by atoms with van der Waals surface area (Å²) < 4.78 is 9.12. The van der Waals surface area contributed by atoms with E-state index in [0.717, 1.165) is 35.2 Å². The summed E-state index contributed by atoms with van der Waals surface area (Å²) in [6, 6.07) is 14.9. The van der Waals surface area contributed by atoms with E-state index in [0.29, 0.717) is 23.9 Å².